The predicted molar refractivity (Wildman–Crippen MR) is 239 cm³/mol. The highest BCUT2D eigenvalue weighted by Gasteiger charge is 2.55. The maximum atomic E-state index is 10.2. The van der Waals surface area contributed by atoms with Gasteiger partial charge in [0.25, 0.3) is 0 Å². The maximum absolute atomic E-state index is 10.2. The van der Waals surface area contributed by atoms with Crippen LogP contribution in [0.1, 0.15) is 85.7 Å². The van der Waals surface area contributed by atoms with Gasteiger partial charge >= 0.3 is 0 Å². The number of hydrogen-bond acceptors (Lipinski definition) is 10. The van der Waals surface area contributed by atoms with Crippen LogP contribution in [-0.4, -0.2) is 62.8 Å². The third-order valence-electron chi connectivity index (χ3n) is 13.6. The van der Waals surface area contributed by atoms with Gasteiger partial charge in [-0.15, -0.1) is 21.5 Å². The van der Waals surface area contributed by atoms with Gasteiger partial charge in [-0.1, -0.05) is 60.7 Å². The lowest BCUT2D eigenvalue weighted by molar-refractivity contribution is 0.310. The molecule has 0 spiro atoms. The molecule has 2 N–H and O–H groups in total. The Kier molecular flexibility index (Phi) is 9.61. The van der Waals surface area contributed by atoms with Gasteiger partial charge in [-0.25, -0.2) is 4.98 Å². The molecule has 1 unspecified atom stereocenters. The van der Waals surface area contributed by atoms with E-state index >= 15 is 0 Å². The smallest absolute Gasteiger partial charge is 0.196 e. The molecule has 2 fully saturated rings. The fraction of sp³-hybridized carbons (Fsp3) is 0.320. The standard InChI is InChI=1S/C50H49N7O3S/c1-29-30(2)61-50-45(29)47(53-43(26-44-51-21-24-60-44)49-55-54-31(3)57(49)50)34-9-14-36(15-10-34)56-27-41-42(28-56)48(41)52-22-23-59-38-17-11-33(12-18-38)46-39(32-7-5-4-6-8-32)19-13-35-25-37(58)16-20-40(35)46/h4-12,14-18,20-21,24-25,39,41-43,46,48,52,58H,13,19,22-23,26-28H2,1-3H3/t39-,41-,42-,43?,46+/m0/s1. The van der Waals surface area contributed by atoms with Crippen LogP contribution in [0.15, 0.2) is 119 Å². The number of anilines is 1. The number of rotatable bonds is 11. The van der Waals surface area contributed by atoms with Gasteiger partial charge in [0.05, 0.1) is 18.3 Å². The zero-order valence-electron chi connectivity index (χ0n) is 34.7. The number of phenols is 1. The Morgan fingerprint density at radius 3 is 2.48 bits per heavy atom. The Morgan fingerprint density at radius 1 is 0.902 bits per heavy atom. The highest BCUT2D eigenvalue weighted by Crippen LogP contribution is 2.48. The Hall–Kier alpha value is -6.04. The van der Waals surface area contributed by atoms with Crippen LogP contribution in [0.25, 0.3) is 5.00 Å². The fourth-order valence-electron chi connectivity index (χ4n) is 10.4. The van der Waals surface area contributed by atoms with Gasteiger partial charge in [0.2, 0.25) is 0 Å². The van der Waals surface area contributed by atoms with E-state index in [1.165, 1.54) is 38.4 Å². The van der Waals surface area contributed by atoms with Gasteiger partial charge in [-0.3, -0.25) is 9.56 Å². The average Bonchev–Trinajstić information content (AvgIpc) is 3.82. The van der Waals surface area contributed by atoms with Crippen molar-refractivity contribution in [1.29, 1.82) is 0 Å². The highest BCUT2D eigenvalue weighted by molar-refractivity contribution is 7.15. The normalized spacial score (nSPS) is 22.5. The van der Waals surface area contributed by atoms with Crippen molar-refractivity contribution in [3.63, 3.8) is 0 Å². The Morgan fingerprint density at radius 2 is 1.70 bits per heavy atom. The van der Waals surface area contributed by atoms with Gasteiger partial charge in [0, 0.05) is 53.3 Å². The minimum atomic E-state index is -0.286. The number of aromatic hydroxyl groups is 1. The van der Waals surface area contributed by atoms with Crippen LogP contribution in [0.4, 0.5) is 5.69 Å². The molecule has 1 saturated heterocycles. The monoisotopic (exact) mass is 827 g/mol. The van der Waals surface area contributed by atoms with E-state index in [-0.39, 0.29) is 12.0 Å². The van der Waals surface area contributed by atoms with Crippen molar-refractivity contribution in [3.8, 4) is 16.5 Å². The zero-order valence-corrected chi connectivity index (χ0v) is 35.5. The second kappa shape index (κ2) is 15.5. The number of ether oxygens (including phenoxy) is 1. The van der Waals surface area contributed by atoms with Gasteiger partial charge in [0.1, 0.15) is 41.2 Å². The van der Waals surface area contributed by atoms with Crippen LogP contribution in [0.2, 0.25) is 0 Å². The molecule has 0 radical (unpaired) electrons. The maximum Gasteiger partial charge on any atom is 0.196 e. The average molecular weight is 828 g/mol. The van der Waals surface area contributed by atoms with E-state index in [0.29, 0.717) is 48.5 Å². The number of phenolic OH excluding ortho intramolecular Hbond substituents is 1. The first-order valence-electron chi connectivity index (χ1n) is 21.5. The Balaban J connectivity index is 0.716. The third kappa shape index (κ3) is 6.93. The van der Waals surface area contributed by atoms with E-state index in [2.05, 4.69) is 129 Å². The van der Waals surface area contributed by atoms with Crippen molar-refractivity contribution < 1.29 is 14.3 Å². The minimum Gasteiger partial charge on any atom is -0.508 e. The summed E-state index contributed by atoms with van der Waals surface area (Å²) in [5, 5.41) is 24.2. The molecule has 2 aliphatic carbocycles. The summed E-state index contributed by atoms with van der Waals surface area (Å²) in [6, 6.07) is 34.7. The van der Waals surface area contributed by atoms with Gasteiger partial charge in [-0.05, 0) is 116 Å². The number of thiophene rings is 1. The fourth-order valence-corrected chi connectivity index (χ4v) is 11.6. The number of nitrogens with one attached hydrogen (secondary N) is 1. The van der Waals surface area contributed by atoms with E-state index in [9.17, 15) is 5.11 Å². The summed E-state index contributed by atoms with van der Waals surface area (Å²) in [7, 11) is 0. The van der Waals surface area contributed by atoms with Crippen molar-refractivity contribution in [2.75, 3.05) is 31.1 Å². The number of hydrogen-bond donors (Lipinski definition) is 2. The van der Waals surface area contributed by atoms with Crippen molar-refractivity contribution in [2.24, 2.45) is 16.8 Å². The quantitative estimate of drug-likeness (QED) is 0.124. The van der Waals surface area contributed by atoms with Crippen molar-refractivity contribution >= 4 is 22.7 Å². The lowest BCUT2D eigenvalue weighted by Crippen LogP contribution is -2.33. The van der Waals surface area contributed by atoms with E-state index in [0.717, 1.165) is 71.7 Å². The molecule has 5 heterocycles. The van der Waals surface area contributed by atoms with E-state index in [1.807, 2.05) is 19.1 Å². The number of nitrogens with zero attached hydrogens (tertiary/aromatic N) is 6. The summed E-state index contributed by atoms with van der Waals surface area (Å²) in [4.78, 5) is 13.6. The lowest BCUT2D eigenvalue weighted by Gasteiger charge is -2.34. The molecule has 3 aromatic heterocycles. The summed E-state index contributed by atoms with van der Waals surface area (Å²) in [6.07, 6.45) is 5.81. The Labute approximate surface area is 360 Å². The summed E-state index contributed by atoms with van der Waals surface area (Å²) in [5.74, 6) is 5.44. The van der Waals surface area contributed by atoms with Crippen LogP contribution in [-0.2, 0) is 12.8 Å². The molecule has 11 rings (SSSR count). The van der Waals surface area contributed by atoms with E-state index in [1.54, 1.807) is 23.8 Å². The number of aryl methyl sites for hydroxylation is 3. The molecule has 2 aliphatic heterocycles. The number of piperidine rings is 1. The first-order chi connectivity index (χ1) is 29.9. The molecule has 5 atom stereocenters. The number of fused-ring (bicyclic) bond motifs is 5. The molecular weight excluding hydrogens is 779 g/mol. The predicted octanol–water partition coefficient (Wildman–Crippen LogP) is 9.05. The number of benzene rings is 4. The summed E-state index contributed by atoms with van der Waals surface area (Å²) >= 11 is 1.77. The van der Waals surface area contributed by atoms with Crippen molar-refractivity contribution in [3.05, 3.63) is 171 Å². The molecule has 7 aromatic rings. The second-order valence-corrected chi connectivity index (χ2v) is 18.3. The van der Waals surface area contributed by atoms with Crippen LogP contribution in [0.3, 0.4) is 0 Å². The Bertz CT molecular complexity index is 2710. The van der Waals surface area contributed by atoms with E-state index in [4.69, 9.17) is 14.1 Å². The molecule has 0 amide bonds. The molecule has 0 bridgehead atoms. The first-order valence-corrected chi connectivity index (χ1v) is 22.4. The SMILES string of the molecule is Cc1sc2c(c1C)C(c1ccc(N3C[C@@H]4C(NCCOc5ccc([C@H]6c7ccc(O)cc7CC[C@H]6c6ccccc6)cc5)[C@H]4C3)cc1)=NC(Cc1ncco1)c1nnc(C)n1-2. The van der Waals surface area contributed by atoms with Gasteiger partial charge in [0.15, 0.2) is 11.7 Å². The molecule has 308 valence electrons. The topological polar surface area (TPSA) is 114 Å². The number of aromatic nitrogens is 4. The molecular formula is C50H49N7O3S. The van der Waals surface area contributed by atoms with Crippen molar-refractivity contribution in [1.82, 2.24) is 25.1 Å². The third-order valence-corrected chi connectivity index (χ3v) is 14.8. The first kappa shape index (κ1) is 37.9. The van der Waals surface area contributed by atoms with E-state index < -0.39 is 0 Å². The number of oxazole rings is 1. The van der Waals surface area contributed by atoms with Crippen LogP contribution < -0.4 is 15.0 Å². The van der Waals surface area contributed by atoms with Crippen LogP contribution in [0.5, 0.6) is 11.5 Å². The van der Waals surface area contributed by atoms with Gasteiger partial charge < -0.3 is 24.5 Å². The molecule has 4 aliphatic rings. The number of aliphatic imine (C=N–C) groups is 1. The highest BCUT2D eigenvalue weighted by atomic mass is 32.1. The summed E-state index contributed by atoms with van der Waals surface area (Å²) < 4.78 is 14.1. The second-order valence-electron chi connectivity index (χ2n) is 17.1. The molecule has 11 heteroatoms. The minimum absolute atomic E-state index is 0.228. The molecule has 1 saturated carbocycles. The van der Waals surface area contributed by atoms with Gasteiger partial charge in [-0.2, -0.15) is 0 Å². The zero-order chi connectivity index (χ0) is 41.2. The largest absolute Gasteiger partial charge is 0.508 e. The van der Waals surface area contributed by atoms with Crippen molar-refractivity contribution in [2.45, 2.75) is 64.0 Å². The van der Waals surface area contributed by atoms with Crippen LogP contribution in [0, 0.1) is 32.6 Å². The molecule has 61 heavy (non-hydrogen) atoms. The molecule has 10 nitrogen and oxygen atoms in total. The molecule has 4 aromatic carbocycles. The summed E-state index contributed by atoms with van der Waals surface area (Å²) in [6.45, 7) is 9.94. The lowest BCUT2D eigenvalue weighted by atomic mass is 9.69. The summed E-state index contributed by atoms with van der Waals surface area (Å²) in [5.41, 5.74) is 10.9. The van der Waals surface area contributed by atoms with Crippen LogP contribution >= 0.6 is 11.3 Å².